The van der Waals surface area contributed by atoms with Crippen molar-refractivity contribution in [2.75, 3.05) is 30.9 Å². The van der Waals surface area contributed by atoms with Gasteiger partial charge in [-0.1, -0.05) is 19.9 Å². The van der Waals surface area contributed by atoms with Crippen LogP contribution in [-0.4, -0.2) is 48.4 Å². The molecule has 1 fully saturated rings. The van der Waals surface area contributed by atoms with Crippen molar-refractivity contribution in [2.24, 2.45) is 11.6 Å². The number of amides is 1. The normalized spacial score (nSPS) is 13.6. The smallest absolute Gasteiger partial charge is 0.335 e. The van der Waals surface area contributed by atoms with Crippen LogP contribution in [-0.2, 0) is 4.79 Å². The van der Waals surface area contributed by atoms with Crippen molar-refractivity contribution in [3.8, 4) is 0 Å². The van der Waals surface area contributed by atoms with E-state index >= 15 is 0 Å². The highest BCUT2D eigenvalue weighted by atomic mass is 19.3. The van der Waals surface area contributed by atoms with Crippen molar-refractivity contribution in [1.29, 1.82) is 0 Å². The van der Waals surface area contributed by atoms with E-state index in [2.05, 4.69) is 5.73 Å². The van der Waals surface area contributed by atoms with Gasteiger partial charge in [-0.3, -0.25) is 9.80 Å². The van der Waals surface area contributed by atoms with Crippen molar-refractivity contribution in [1.82, 2.24) is 4.90 Å². The molecule has 0 saturated carbocycles. The zero-order valence-electron chi connectivity index (χ0n) is 19.6. The van der Waals surface area contributed by atoms with Gasteiger partial charge < -0.3 is 21.5 Å². The number of nitrogen functional groups attached to an aromatic ring is 1. The number of hydrazine groups is 1. The van der Waals surface area contributed by atoms with Gasteiger partial charge in [0, 0.05) is 25.9 Å². The first-order chi connectivity index (χ1) is 15.6. The van der Waals surface area contributed by atoms with Gasteiger partial charge in [0.25, 0.3) is 5.92 Å². The van der Waals surface area contributed by atoms with Gasteiger partial charge in [0.1, 0.15) is 0 Å². The Morgan fingerprint density at radius 1 is 1.09 bits per heavy atom. The molecule has 1 saturated heterocycles. The van der Waals surface area contributed by atoms with Gasteiger partial charge in [-0.2, -0.15) is 0 Å². The van der Waals surface area contributed by atoms with Crippen LogP contribution in [0.2, 0.25) is 0 Å². The number of rotatable bonds is 4. The fourth-order valence-corrected chi connectivity index (χ4v) is 2.75. The summed E-state index contributed by atoms with van der Waals surface area (Å²) in [5, 5.41) is 10.3. The Hall–Kier alpha value is -3.24. The van der Waals surface area contributed by atoms with Crippen molar-refractivity contribution < 1.29 is 23.5 Å². The highest BCUT2D eigenvalue weighted by molar-refractivity contribution is 5.88. The Morgan fingerprint density at radius 3 is 2.03 bits per heavy atom. The molecular weight excluding hydrogens is 432 g/mol. The largest absolute Gasteiger partial charge is 0.478 e. The summed E-state index contributed by atoms with van der Waals surface area (Å²) in [6, 6.07) is 11.9. The Balaban J connectivity index is 0.000000617. The number of carboxylic acids is 1. The van der Waals surface area contributed by atoms with Crippen LogP contribution in [0.1, 0.15) is 42.6 Å². The van der Waals surface area contributed by atoms with Gasteiger partial charge in [-0.25, -0.2) is 19.4 Å². The van der Waals surface area contributed by atoms with Crippen LogP contribution in [0, 0.1) is 6.92 Å². The summed E-state index contributed by atoms with van der Waals surface area (Å²) in [7, 11) is 1.50. The first kappa shape index (κ1) is 29.8. The zero-order chi connectivity index (χ0) is 25.6. The fourth-order valence-electron chi connectivity index (χ4n) is 2.75. The number of aryl methyl sites for hydroxylation is 1. The number of carbonyl (C=O) groups excluding carboxylic acids is 1. The number of carboxylic acid groups (broad SMARTS) is 1. The van der Waals surface area contributed by atoms with Crippen molar-refractivity contribution in [3.05, 3.63) is 53.6 Å². The van der Waals surface area contributed by atoms with E-state index in [9.17, 15) is 18.4 Å². The molecule has 0 aromatic heterocycles. The zero-order valence-corrected chi connectivity index (χ0v) is 19.6. The average molecular weight is 468 g/mol. The van der Waals surface area contributed by atoms with E-state index < -0.39 is 11.9 Å². The quantitative estimate of drug-likeness (QED) is 0.232. The molecule has 0 radical (unpaired) electrons. The van der Waals surface area contributed by atoms with Crippen LogP contribution in [0.25, 0.3) is 0 Å². The van der Waals surface area contributed by atoms with Gasteiger partial charge in [0.2, 0.25) is 6.41 Å². The van der Waals surface area contributed by atoms with E-state index in [1.54, 1.807) is 12.1 Å². The summed E-state index contributed by atoms with van der Waals surface area (Å²) in [5.41, 5.74) is 13.6. The summed E-state index contributed by atoms with van der Waals surface area (Å²) < 4.78 is 24.7. The molecule has 10 heteroatoms. The molecule has 0 aliphatic carbocycles. The molecule has 0 unspecified atom stereocenters. The number of aromatic carboxylic acids is 1. The molecule has 33 heavy (non-hydrogen) atoms. The SMILES string of the molecule is CC.CN.Cc1ccc(N(N)c2ccc(C(=O)O)cc2)c(N)c1.O=CN1CCC(F)(F)CC1. The molecule has 0 atom stereocenters. The van der Waals surface area contributed by atoms with Gasteiger partial charge in [0.15, 0.2) is 0 Å². The maximum absolute atomic E-state index is 12.4. The number of nitrogens with two attached hydrogens (primary N) is 3. The Morgan fingerprint density at radius 2 is 1.61 bits per heavy atom. The highest BCUT2D eigenvalue weighted by Crippen LogP contribution is 2.28. The lowest BCUT2D eigenvalue weighted by atomic mass is 10.1. The molecule has 1 aliphatic rings. The molecule has 2 aromatic rings. The minimum absolute atomic E-state index is 0.189. The van der Waals surface area contributed by atoms with Crippen LogP contribution in [0.4, 0.5) is 25.8 Å². The molecule has 1 heterocycles. The lowest BCUT2D eigenvalue weighted by Crippen LogP contribution is -2.38. The number of halogens is 2. The lowest BCUT2D eigenvalue weighted by Gasteiger charge is -2.28. The highest BCUT2D eigenvalue weighted by Gasteiger charge is 2.33. The van der Waals surface area contributed by atoms with Crippen LogP contribution in [0.3, 0.4) is 0 Å². The number of anilines is 3. The first-order valence-electron chi connectivity index (χ1n) is 10.5. The summed E-state index contributed by atoms with van der Waals surface area (Å²) in [5.74, 6) is 2.49. The number of alkyl halides is 2. The van der Waals surface area contributed by atoms with Crippen molar-refractivity contribution in [2.45, 2.75) is 39.5 Å². The standard InChI is InChI=1S/C14H15N3O2.C6H9F2NO.C2H6.CH5N/c1-9-2-7-13(12(15)8-9)17(16)11-5-3-10(4-6-11)14(18)19;7-6(8)1-3-9(5-10)4-2-6;2*1-2/h2-8H,15-16H2,1H3,(H,18,19);5H,1-4H2;1-2H3;2H2,1H3. The third kappa shape index (κ3) is 9.84. The van der Waals surface area contributed by atoms with E-state index in [-0.39, 0.29) is 31.5 Å². The van der Waals surface area contributed by atoms with Crippen LogP contribution < -0.4 is 22.3 Å². The number of carbonyl (C=O) groups is 2. The van der Waals surface area contributed by atoms with Gasteiger partial charge in [-0.05, 0) is 55.9 Å². The van der Waals surface area contributed by atoms with Gasteiger partial charge in [-0.15, -0.1) is 0 Å². The van der Waals surface area contributed by atoms with Crippen molar-refractivity contribution in [3.63, 3.8) is 0 Å². The predicted molar refractivity (Wildman–Crippen MR) is 129 cm³/mol. The number of nitrogens with zero attached hydrogens (tertiary/aromatic N) is 2. The molecule has 7 N–H and O–H groups in total. The second-order valence-electron chi connectivity index (χ2n) is 6.78. The minimum Gasteiger partial charge on any atom is -0.478 e. The first-order valence-corrected chi connectivity index (χ1v) is 10.5. The number of piperidine rings is 1. The molecular formula is C23H35F2N5O3. The maximum atomic E-state index is 12.4. The molecule has 1 aliphatic heterocycles. The summed E-state index contributed by atoms with van der Waals surface area (Å²) in [4.78, 5) is 22.2. The number of hydrogen-bond acceptors (Lipinski definition) is 6. The number of likely N-dealkylation sites (tertiary alicyclic amines) is 1. The number of benzene rings is 2. The second-order valence-corrected chi connectivity index (χ2v) is 6.78. The van der Waals surface area contributed by atoms with E-state index in [0.29, 0.717) is 23.5 Å². The van der Waals surface area contributed by atoms with Crippen LogP contribution >= 0.6 is 0 Å². The van der Waals surface area contributed by atoms with E-state index in [1.807, 2.05) is 39.0 Å². The summed E-state index contributed by atoms with van der Waals surface area (Å²) in [6.07, 6.45) is 0.243. The Bertz CT molecular complexity index is 854. The van der Waals surface area contributed by atoms with Crippen LogP contribution in [0.5, 0.6) is 0 Å². The minimum atomic E-state index is -2.54. The maximum Gasteiger partial charge on any atom is 0.335 e. The van der Waals surface area contributed by atoms with Crippen molar-refractivity contribution >= 4 is 29.4 Å². The molecule has 8 nitrogen and oxygen atoms in total. The molecule has 184 valence electrons. The molecule has 2 aromatic carbocycles. The van der Waals surface area contributed by atoms with E-state index in [4.69, 9.17) is 16.7 Å². The fraction of sp³-hybridized carbons (Fsp3) is 0.391. The average Bonchev–Trinajstić information content (AvgIpc) is 2.82. The molecule has 0 spiro atoms. The molecule has 0 bridgehead atoms. The Labute approximate surface area is 193 Å². The van der Waals surface area contributed by atoms with E-state index in [1.165, 1.54) is 29.1 Å². The topological polar surface area (TPSA) is 139 Å². The third-order valence-corrected chi connectivity index (χ3v) is 4.51. The molecule has 1 amide bonds. The van der Waals surface area contributed by atoms with Crippen LogP contribution in [0.15, 0.2) is 42.5 Å². The predicted octanol–water partition coefficient (Wildman–Crippen LogP) is 3.76. The van der Waals surface area contributed by atoms with Gasteiger partial charge in [0.05, 0.1) is 22.6 Å². The summed E-state index contributed by atoms with van der Waals surface area (Å²) in [6.45, 7) is 6.33. The second kappa shape index (κ2) is 14.8. The lowest BCUT2D eigenvalue weighted by molar-refractivity contribution is -0.124. The summed E-state index contributed by atoms with van der Waals surface area (Å²) >= 11 is 0. The van der Waals surface area contributed by atoms with E-state index in [0.717, 1.165) is 5.56 Å². The monoisotopic (exact) mass is 467 g/mol. The Kier molecular flexibility index (Phi) is 13.3. The van der Waals surface area contributed by atoms with Gasteiger partial charge >= 0.3 is 5.97 Å². The third-order valence-electron chi connectivity index (χ3n) is 4.51. The number of hydrogen-bond donors (Lipinski definition) is 4. The molecule has 3 rings (SSSR count).